The van der Waals surface area contributed by atoms with E-state index in [1.165, 1.54) is 11.1 Å². The second kappa shape index (κ2) is 13.2. The fourth-order valence-electron chi connectivity index (χ4n) is 5.26. The quantitative estimate of drug-likeness (QED) is 0.262. The predicted octanol–water partition coefficient (Wildman–Crippen LogP) is 6.13. The molecular weight excluding hydrogens is 484 g/mol. The van der Waals surface area contributed by atoms with E-state index in [1.54, 1.807) is 0 Å². The lowest BCUT2D eigenvalue weighted by atomic mass is 9.89. The number of nitrogens with zero attached hydrogens (tertiary/aromatic N) is 1. The van der Waals surface area contributed by atoms with Gasteiger partial charge in [-0.05, 0) is 27.8 Å². The van der Waals surface area contributed by atoms with Crippen molar-refractivity contribution >= 4 is 0 Å². The van der Waals surface area contributed by atoms with E-state index in [1.807, 2.05) is 24.3 Å². The number of rotatable bonds is 10. The molecule has 1 saturated heterocycles. The molecule has 0 aromatic heterocycles. The average molecular weight is 523 g/mol. The van der Waals surface area contributed by atoms with Crippen LogP contribution in [-0.2, 0) is 35.7 Å². The molecule has 4 aromatic rings. The maximum atomic E-state index is 9.54. The van der Waals surface area contributed by atoms with Crippen molar-refractivity contribution in [3.05, 3.63) is 143 Å². The van der Waals surface area contributed by atoms with Gasteiger partial charge in [0.15, 0.2) is 6.29 Å². The lowest BCUT2D eigenvalue weighted by Gasteiger charge is -2.43. The summed E-state index contributed by atoms with van der Waals surface area (Å²) in [6.07, 6.45) is -0.699. The van der Waals surface area contributed by atoms with Crippen molar-refractivity contribution < 1.29 is 14.6 Å². The average Bonchev–Trinajstić information content (AvgIpc) is 2.99. The molecule has 0 saturated carbocycles. The van der Waals surface area contributed by atoms with E-state index in [-0.39, 0.29) is 24.7 Å². The number of aliphatic hydroxyl groups excluding tert-OH is 1. The van der Waals surface area contributed by atoms with E-state index in [4.69, 9.17) is 15.2 Å². The molecule has 1 heterocycles. The Morgan fingerprint density at radius 3 is 1.74 bits per heavy atom. The number of benzene rings is 4. The summed E-state index contributed by atoms with van der Waals surface area (Å²) in [5, 5.41) is 9.54. The molecular formula is C34H38N2O3. The van der Waals surface area contributed by atoms with Crippen molar-refractivity contribution in [2.24, 2.45) is 11.7 Å². The van der Waals surface area contributed by atoms with Gasteiger partial charge in [-0.1, -0.05) is 116 Å². The van der Waals surface area contributed by atoms with Crippen molar-refractivity contribution in [3.8, 4) is 0 Å². The minimum Gasteiger partial charge on any atom is -0.392 e. The highest BCUT2D eigenvalue weighted by atomic mass is 16.7. The molecule has 0 spiro atoms. The van der Waals surface area contributed by atoms with Crippen LogP contribution in [0.2, 0.25) is 0 Å². The third-order valence-electron chi connectivity index (χ3n) is 7.55. The van der Waals surface area contributed by atoms with E-state index in [9.17, 15) is 5.11 Å². The van der Waals surface area contributed by atoms with Gasteiger partial charge in [0, 0.05) is 37.7 Å². The molecule has 5 heteroatoms. The number of hydrogen-bond acceptors (Lipinski definition) is 5. The standard InChI is InChI=1S/C34H38N2O3/c1-25-32(23-36(21-27-8-4-2-5-9-27)22-28-10-6-3-7-11-28)38-34(31-18-12-26(20-35)13-19-31)39-33(25)30-16-14-29(24-37)15-17-30/h2-19,25,32-34,37H,20-24,35H2,1H3. The molecule has 202 valence electrons. The van der Waals surface area contributed by atoms with Gasteiger partial charge in [0.2, 0.25) is 0 Å². The minimum atomic E-state index is -0.490. The maximum absolute atomic E-state index is 9.54. The Labute approximate surface area is 231 Å². The molecule has 4 atom stereocenters. The summed E-state index contributed by atoms with van der Waals surface area (Å²) in [6.45, 7) is 5.16. The highest BCUT2D eigenvalue weighted by Gasteiger charge is 2.39. The third kappa shape index (κ3) is 7.01. The van der Waals surface area contributed by atoms with E-state index >= 15 is 0 Å². The van der Waals surface area contributed by atoms with Gasteiger partial charge in [0.1, 0.15) is 0 Å². The van der Waals surface area contributed by atoms with Crippen LogP contribution >= 0.6 is 0 Å². The van der Waals surface area contributed by atoms with Gasteiger partial charge in [0.25, 0.3) is 0 Å². The molecule has 5 rings (SSSR count). The third-order valence-corrected chi connectivity index (χ3v) is 7.55. The van der Waals surface area contributed by atoms with Crippen LogP contribution in [0.4, 0.5) is 0 Å². The highest BCUT2D eigenvalue weighted by molar-refractivity contribution is 5.27. The van der Waals surface area contributed by atoms with Gasteiger partial charge < -0.3 is 20.3 Å². The molecule has 0 aliphatic carbocycles. The topological polar surface area (TPSA) is 68.0 Å². The molecule has 5 nitrogen and oxygen atoms in total. The maximum Gasteiger partial charge on any atom is 0.184 e. The van der Waals surface area contributed by atoms with Gasteiger partial charge in [-0.3, -0.25) is 4.90 Å². The first-order valence-corrected chi connectivity index (χ1v) is 13.7. The van der Waals surface area contributed by atoms with Crippen LogP contribution in [0.3, 0.4) is 0 Å². The van der Waals surface area contributed by atoms with Crippen LogP contribution in [-0.4, -0.2) is 22.7 Å². The van der Waals surface area contributed by atoms with E-state index in [0.717, 1.165) is 41.9 Å². The van der Waals surface area contributed by atoms with Crippen LogP contribution < -0.4 is 5.73 Å². The molecule has 39 heavy (non-hydrogen) atoms. The van der Waals surface area contributed by atoms with Crippen molar-refractivity contribution in [1.29, 1.82) is 0 Å². The lowest BCUT2D eigenvalue weighted by Crippen LogP contribution is -2.44. The Morgan fingerprint density at radius 2 is 1.21 bits per heavy atom. The molecule has 0 radical (unpaired) electrons. The summed E-state index contributed by atoms with van der Waals surface area (Å²) < 4.78 is 13.4. The predicted molar refractivity (Wildman–Crippen MR) is 154 cm³/mol. The number of nitrogens with two attached hydrogens (primary N) is 1. The first-order valence-electron chi connectivity index (χ1n) is 13.7. The zero-order valence-electron chi connectivity index (χ0n) is 22.5. The summed E-state index contributed by atoms with van der Waals surface area (Å²) in [4.78, 5) is 2.47. The summed E-state index contributed by atoms with van der Waals surface area (Å²) in [7, 11) is 0. The lowest BCUT2D eigenvalue weighted by molar-refractivity contribution is -0.276. The molecule has 0 bridgehead atoms. The largest absolute Gasteiger partial charge is 0.392 e. The Bertz CT molecular complexity index is 1240. The number of hydrogen-bond donors (Lipinski definition) is 2. The normalized spacial score (nSPS) is 21.2. The fraction of sp³-hybridized carbons (Fsp3) is 0.294. The highest BCUT2D eigenvalue weighted by Crippen LogP contribution is 2.42. The summed E-state index contributed by atoms with van der Waals surface area (Å²) in [5.41, 5.74) is 12.4. The van der Waals surface area contributed by atoms with Crippen LogP contribution in [0.15, 0.2) is 109 Å². The minimum absolute atomic E-state index is 0.0249. The van der Waals surface area contributed by atoms with Gasteiger partial charge in [0.05, 0.1) is 18.8 Å². The monoisotopic (exact) mass is 522 g/mol. The van der Waals surface area contributed by atoms with Gasteiger partial charge >= 0.3 is 0 Å². The second-order valence-electron chi connectivity index (χ2n) is 10.4. The van der Waals surface area contributed by atoms with Crippen LogP contribution in [0.25, 0.3) is 0 Å². The van der Waals surface area contributed by atoms with E-state index in [0.29, 0.717) is 6.54 Å². The summed E-state index contributed by atoms with van der Waals surface area (Å²) >= 11 is 0. The van der Waals surface area contributed by atoms with Crippen molar-refractivity contribution in [3.63, 3.8) is 0 Å². The number of ether oxygens (including phenoxy) is 2. The molecule has 1 fully saturated rings. The molecule has 1 aliphatic rings. The molecule has 3 N–H and O–H groups in total. The first-order chi connectivity index (χ1) is 19.1. The molecule has 0 amide bonds. The van der Waals surface area contributed by atoms with Crippen molar-refractivity contribution in [2.75, 3.05) is 6.54 Å². The SMILES string of the molecule is CC1C(CN(Cc2ccccc2)Cc2ccccc2)OC(c2ccc(CN)cc2)OC1c1ccc(CO)cc1. The molecule has 4 unspecified atom stereocenters. The zero-order valence-corrected chi connectivity index (χ0v) is 22.5. The fourth-order valence-corrected chi connectivity index (χ4v) is 5.26. The van der Waals surface area contributed by atoms with Gasteiger partial charge in [-0.15, -0.1) is 0 Å². The Kier molecular flexibility index (Phi) is 9.19. The Hall–Kier alpha value is -3.32. The molecule has 1 aliphatic heterocycles. The van der Waals surface area contributed by atoms with Gasteiger partial charge in [-0.2, -0.15) is 0 Å². The summed E-state index contributed by atoms with van der Waals surface area (Å²) in [6, 6.07) is 37.5. The van der Waals surface area contributed by atoms with Crippen molar-refractivity contribution in [1.82, 2.24) is 4.90 Å². The van der Waals surface area contributed by atoms with Crippen LogP contribution in [0.1, 0.15) is 52.7 Å². The van der Waals surface area contributed by atoms with E-state index in [2.05, 4.69) is 96.8 Å². The molecule has 4 aromatic carbocycles. The van der Waals surface area contributed by atoms with E-state index < -0.39 is 6.29 Å². The number of aliphatic hydroxyl groups is 1. The van der Waals surface area contributed by atoms with Crippen molar-refractivity contribution in [2.45, 2.75) is 51.7 Å². The Balaban J connectivity index is 1.43. The second-order valence-corrected chi connectivity index (χ2v) is 10.4. The van der Waals surface area contributed by atoms with Crippen LogP contribution in [0, 0.1) is 5.92 Å². The first kappa shape index (κ1) is 27.3. The Morgan fingerprint density at radius 1 is 0.667 bits per heavy atom. The van der Waals surface area contributed by atoms with Gasteiger partial charge in [-0.25, -0.2) is 0 Å². The smallest absolute Gasteiger partial charge is 0.184 e. The zero-order chi connectivity index (χ0) is 27.0. The van der Waals surface area contributed by atoms with Crippen LogP contribution in [0.5, 0.6) is 0 Å². The summed E-state index contributed by atoms with van der Waals surface area (Å²) in [5.74, 6) is 0.110.